The van der Waals surface area contributed by atoms with Gasteiger partial charge in [-0.3, -0.25) is 4.79 Å². The van der Waals surface area contributed by atoms with Gasteiger partial charge in [0.2, 0.25) is 0 Å². The van der Waals surface area contributed by atoms with Crippen molar-refractivity contribution in [2.75, 3.05) is 0 Å². The van der Waals surface area contributed by atoms with Crippen molar-refractivity contribution >= 4 is 60.8 Å². The number of hydrogen-bond acceptors (Lipinski definition) is 6. The Hall–Kier alpha value is -0.150. The number of aldehydes is 1. The summed E-state index contributed by atoms with van der Waals surface area (Å²) >= 11 is 9.15. The molecular weight excluding hydrogens is 404 g/mol. The Bertz CT molecular complexity index is 502. The molecule has 2 aromatic rings. The van der Waals surface area contributed by atoms with Crippen molar-refractivity contribution in [3.63, 3.8) is 0 Å². The number of rotatable bonds is 3. The Labute approximate surface area is 129 Å². The maximum Gasteiger partial charge on any atom is 0.161 e. The molecule has 2 aromatic heterocycles. The van der Waals surface area contributed by atoms with Crippen LogP contribution >= 0.6 is 54.5 Å². The van der Waals surface area contributed by atoms with E-state index in [-0.39, 0.29) is 6.10 Å². The molecule has 0 saturated heterocycles. The van der Waals surface area contributed by atoms with Crippen LogP contribution in [0.5, 0.6) is 0 Å². The SMILES string of the molecule is CCC(O)c1cnc(Br)s1.O=Cc1cnc(Br)s1. The number of aliphatic hydroxyl groups excluding tert-OH is 1. The first-order valence-electron chi connectivity index (χ1n) is 4.92. The van der Waals surface area contributed by atoms with Gasteiger partial charge in [0.15, 0.2) is 14.1 Å². The van der Waals surface area contributed by atoms with Gasteiger partial charge in [-0.05, 0) is 38.3 Å². The largest absolute Gasteiger partial charge is 0.388 e. The molecule has 0 aliphatic rings. The monoisotopic (exact) mass is 412 g/mol. The Balaban J connectivity index is 0.000000184. The van der Waals surface area contributed by atoms with Gasteiger partial charge in [-0.2, -0.15) is 0 Å². The van der Waals surface area contributed by atoms with Crippen LogP contribution in [0.25, 0.3) is 0 Å². The summed E-state index contributed by atoms with van der Waals surface area (Å²) in [5.74, 6) is 0. The number of hydrogen-bond donors (Lipinski definition) is 1. The molecule has 0 spiro atoms. The lowest BCUT2D eigenvalue weighted by Crippen LogP contribution is -1.89. The number of thiazole rings is 2. The third-order valence-electron chi connectivity index (χ3n) is 1.82. The van der Waals surface area contributed by atoms with E-state index in [1.54, 1.807) is 6.20 Å². The highest BCUT2D eigenvalue weighted by Gasteiger charge is 2.07. The van der Waals surface area contributed by atoms with Gasteiger partial charge >= 0.3 is 0 Å². The van der Waals surface area contributed by atoms with E-state index in [9.17, 15) is 9.90 Å². The minimum Gasteiger partial charge on any atom is -0.388 e. The Morgan fingerprint density at radius 3 is 2.28 bits per heavy atom. The summed E-state index contributed by atoms with van der Waals surface area (Å²) in [5, 5.41) is 9.29. The van der Waals surface area contributed by atoms with Gasteiger partial charge in [-0.15, -0.1) is 22.7 Å². The van der Waals surface area contributed by atoms with E-state index in [4.69, 9.17) is 0 Å². The summed E-state index contributed by atoms with van der Waals surface area (Å²) in [6.07, 6.45) is 4.41. The zero-order valence-corrected chi connectivity index (χ0v) is 14.1. The third kappa shape index (κ3) is 5.23. The van der Waals surface area contributed by atoms with Crippen LogP contribution in [0, 0.1) is 0 Å². The normalized spacial score (nSPS) is 11.6. The molecule has 98 valence electrons. The molecule has 2 rings (SSSR count). The van der Waals surface area contributed by atoms with Crippen LogP contribution in [0.3, 0.4) is 0 Å². The minimum atomic E-state index is -0.344. The van der Waals surface area contributed by atoms with Crippen molar-refractivity contribution in [2.45, 2.75) is 19.4 Å². The van der Waals surface area contributed by atoms with Crippen LogP contribution in [-0.4, -0.2) is 21.4 Å². The summed E-state index contributed by atoms with van der Waals surface area (Å²) in [4.78, 5) is 19.3. The fourth-order valence-corrected chi connectivity index (χ4v) is 3.43. The molecule has 0 aromatic carbocycles. The summed E-state index contributed by atoms with van der Waals surface area (Å²) in [7, 11) is 0. The zero-order valence-electron chi connectivity index (χ0n) is 9.34. The maximum absolute atomic E-state index is 9.97. The summed E-state index contributed by atoms with van der Waals surface area (Å²) < 4.78 is 1.58. The first kappa shape index (κ1) is 15.9. The highest BCUT2D eigenvalue weighted by Crippen LogP contribution is 2.25. The Kier molecular flexibility index (Phi) is 7.16. The standard InChI is InChI=1S/C6H8BrNOS.C4H2BrNOS/c1-2-4(9)5-3-8-6(7)10-5;5-4-6-1-3(2-7)8-4/h3-4,9H,2H2,1H3;1-2H. The predicted octanol–water partition coefficient (Wildman–Crippen LogP) is 4.07. The lowest BCUT2D eigenvalue weighted by atomic mass is 10.2. The van der Waals surface area contributed by atoms with Crippen molar-refractivity contribution in [1.29, 1.82) is 0 Å². The van der Waals surface area contributed by atoms with Crippen molar-refractivity contribution in [2.24, 2.45) is 0 Å². The first-order valence-corrected chi connectivity index (χ1v) is 8.14. The van der Waals surface area contributed by atoms with E-state index in [2.05, 4.69) is 41.8 Å². The van der Waals surface area contributed by atoms with E-state index >= 15 is 0 Å². The van der Waals surface area contributed by atoms with E-state index in [1.807, 2.05) is 6.92 Å². The first-order chi connectivity index (χ1) is 8.56. The third-order valence-corrected chi connectivity index (χ3v) is 4.80. The topological polar surface area (TPSA) is 63.1 Å². The van der Waals surface area contributed by atoms with Crippen LogP contribution in [0.2, 0.25) is 0 Å². The second kappa shape index (κ2) is 8.11. The van der Waals surface area contributed by atoms with Crippen LogP contribution < -0.4 is 0 Å². The van der Waals surface area contributed by atoms with Gasteiger partial charge in [0, 0.05) is 12.4 Å². The van der Waals surface area contributed by atoms with Gasteiger partial charge in [0.05, 0.1) is 15.9 Å². The molecule has 0 aliphatic carbocycles. The van der Waals surface area contributed by atoms with Crippen molar-refractivity contribution in [1.82, 2.24) is 9.97 Å². The van der Waals surface area contributed by atoms with Gasteiger partial charge in [-0.25, -0.2) is 9.97 Å². The number of carbonyl (C=O) groups excluding carboxylic acids is 1. The smallest absolute Gasteiger partial charge is 0.161 e. The predicted molar refractivity (Wildman–Crippen MR) is 80.3 cm³/mol. The summed E-state index contributed by atoms with van der Waals surface area (Å²) in [5.41, 5.74) is 0. The molecule has 1 unspecified atom stereocenters. The fraction of sp³-hybridized carbons (Fsp3) is 0.300. The molecule has 0 aliphatic heterocycles. The van der Waals surface area contributed by atoms with Gasteiger partial charge < -0.3 is 5.11 Å². The lowest BCUT2D eigenvalue weighted by molar-refractivity contribution is 0.112. The van der Waals surface area contributed by atoms with Gasteiger partial charge in [0.1, 0.15) is 0 Å². The summed E-state index contributed by atoms with van der Waals surface area (Å²) in [6, 6.07) is 0. The minimum absolute atomic E-state index is 0.344. The number of carbonyl (C=O) groups is 1. The van der Waals surface area contributed by atoms with Crippen LogP contribution in [0.15, 0.2) is 20.2 Å². The van der Waals surface area contributed by atoms with Crippen molar-refractivity contribution in [3.8, 4) is 0 Å². The molecule has 2 heterocycles. The van der Waals surface area contributed by atoms with Gasteiger partial charge in [0.25, 0.3) is 0 Å². The Morgan fingerprint density at radius 1 is 1.33 bits per heavy atom. The highest BCUT2D eigenvalue weighted by atomic mass is 79.9. The average molecular weight is 414 g/mol. The quantitative estimate of drug-likeness (QED) is 0.770. The van der Waals surface area contributed by atoms with E-state index in [0.29, 0.717) is 4.88 Å². The molecule has 8 heteroatoms. The number of nitrogens with zero attached hydrogens (tertiary/aromatic N) is 2. The number of aromatic nitrogens is 2. The molecule has 0 saturated carbocycles. The number of aliphatic hydroxyl groups is 1. The maximum atomic E-state index is 9.97. The van der Waals surface area contributed by atoms with E-state index < -0.39 is 0 Å². The second-order valence-electron chi connectivity index (χ2n) is 3.07. The van der Waals surface area contributed by atoms with Gasteiger partial charge in [-0.1, -0.05) is 6.92 Å². The molecule has 18 heavy (non-hydrogen) atoms. The zero-order chi connectivity index (χ0) is 13.5. The molecule has 0 bridgehead atoms. The molecule has 1 atom stereocenters. The molecule has 0 fully saturated rings. The summed E-state index contributed by atoms with van der Waals surface area (Å²) in [6.45, 7) is 1.94. The molecule has 1 N–H and O–H groups in total. The van der Waals surface area contributed by atoms with Crippen molar-refractivity contribution < 1.29 is 9.90 Å². The Morgan fingerprint density at radius 2 is 1.94 bits per heavy atom. The lowest BCUT2D eigenvalue weighted by Gasteiger charge is -2.00. The van der Waals surface area contributed by atoms with Crippen LogP contribution in [0.1, 0.15) is 34.0 Å². The molecule has 0 radical (unpaired) electrons. The van der Waals surface area contributed by atoms with E-state index in [1.165, 1.54) is 28.9 Å². The molecular formula is C10H10Br2N2O2S2. The van der Waals surface area contributed by atoms with Crippen molar-refractivity contribution in [3.05, 3.63) is 30.0 Å². The highest BCUT2D eigenvalue weighted by molar-refractivity contribution is 9.11. The molecule has 4 nitrogen and oxygen atoms in total. The van der Waals surface area contributed by atoms with Crippen LogP contribution in [-0.2, 0) is 0 Å². The molecule has 0 amide bonds. The van der Waals surface area contributed by atoms with E-state index in [0.717, 1.165) is 25.4 Å². The van der Waals surface area contributed by atoms with Crippen LogP contribution in [0.4, 0.5) is 0 Å². The second-order valence-corrected chi connectivity index (χ2v) is 7.75. The average Bonchev–Trinajstić information content (AvgIpc) is 2.97. The number of halogens is 2. The fourth-order valence-electron chi connectivity index (χ4n) is 0.938.